The number of aryl methyl sites for hydroxylation is 2. The Bertz CT molecular complexity index is 914. The number of aromatic nitrogens is 1. The van der Waals surface area contributed by atoms with Gasteiger partial charge in [0.25, 0.3) is 0 Å². The first-order valence-electron chi connectivity index (χ1n) is 10.8. The molecule has 0 saturated carbocycles. The Kier molecular flexibility index (Phi) is 7.27. The number of allylic oxidation sites excluding steroid dienone is 1. The van der Waals surface area contributed by atoms with Crippen LogP contribution < -0.4 is 10.6 Å². The Morgan fingerprint density at radius 3 is 2.73 bits per heavy atom. The third kappa shape index (κ3) is 4.90. The number of anilines is 1. The molecule has 160 valence electrons. The van der Waals surface area contributed by atoms with Crippen molar-refractivity contribution in [2.24, 2.45) is 0 Å². The van der Waals surface area contributed by atoms with Crippen LogP contribution in [0.25, 0.3) is 5.70 Å². The summed E-state index contributed by atoms with van der Waals surface area (Å²) in [6.45, 7) is 14.7. The minimum Gasteiger partial charge on any atom is -0.366 e. The molecule has 3 rings (SSSR count). The number of benzene rings is 1. The Morgan fingerprint density at radius 1 is 1.23 bits per heavy atom. The first kappa shape index (κ1) is 22.0. The van der Waals surface area contributed by atoms with Crippen LogP contribution in [0, 0.1) is 12.7 Å². The summed E-state index contributed by atoms with van der Waals surface area (Å²) in [6, 6.07) is 9.73. The van der Waals surface area contributed by atoms with Gasteiger partial charge in [-0.2, -0.15) is 0 Å². The highest BCUT2D eigenvalue weighted by Gasteiger charge is 2.24. The maximum atomic E-state index is 14.1. The summed E-state index contributed by atoms with van der Waals surface area (Å²) in [5.41, 5.74) is 6.73. The van der Waals surface area contributed by atoms with Crippen molar-refractivity contribution >= 4 is 11.4 Å². The summed E-state index contributed by atoms with van der Waals surface area (Å²) in [6.07, 6.45) is 4.00. The fourth-order valence-electron chi connectivity index (χ4n) is 3.76. The second-order valence-electron chi connectivity index (χ2n) is 7.89. The number of hydrogen-bond acceptors (Lipinski definition) is 4. The smallest absolute Gasteiger partial charge is 0.127 e. The Labute approximate surface area is 179 Å². The molecule has 0 saturated heterocycles. The number of fused-ring (bicyclic) bond motifs is 1. The molecular weight excluding hydrogens is 375 g/mol. The second kappa shape index (κ2) is 9.90. The van der Waals surface area contributed by atoms with E-state index in [9.17, 15) is 4.39 Å². The van der Waals surface area contributed by atoms with Crippen LogP contribution in [-0.2, 0) is 13.0 Å². The molecule has 0 radical (unpaired) electrons. The summed E-state index contributed by atoms with van der Waals surface area (Å²) in [5.74, 6) is -0.149. The molecule has 5 heteroatoms. The van der Waals surface area contributed by atoms with E-state index in [4.69, 9.17) is 4.98 Å². The molecular formula is C25H33FN4. The van der Waals surface area contributed by atoms with Crippen LogP contribution >= 0.6 is 0 Å². The average Bonchev–Trinajstić information content (AvgIpc) is 2.74. The lowest BCUT2D eigenvalue weighted by atomic mass is 10.1. The van der Waals surface area contributed by atoms with Gasteiger partial charge in [0.2, 0.25) is 0 Å². The van der Waals surface area contributed by atoms with Gasteiger partial charge in [-0.3, -0.25) is 0 Å². The van der Waals surface area contributed by atoms with Gasteiger partial charge < -0.3 is 15.5 Å². The lowest BCUT2D eigenvalue weighted by molar-refractivity contribution is 0.301. The molecule has 4 nitrogen and oxygen atoms in total. The highest BCUT2D eigenvalue weighted by atomic mass is 19.1. The van der Waals surface area contributed by atoms with Crippen LogP contribution in [0.4, 0.5) is 10.1 Å². The van der Waals surface area contributed by atoms with Gasteiger partial charge in [0.1, 0.15) is 11.5 Å². The van der Waals surface area contributed by atoms with Crippen molar-refractivity contribution in [3.05, 3.63) is 77.0 Å². The molecule has 0 amide bonds. The highest BCUT2D eigenvalue weighted by molar-refractivity contribution is 5.80. The topological polar surface area (TPSA) is 40.2 Å². The van der Waals surface area contributed by atoms with Gasteiger partial charge in [-0.15, -0.1) is 0 Å². The Morgan fingerprint density at radius 2 is 2.03 bits per heavy atom. The maximum Gasteiger partial charge on any atom is 0.127 e. The zero-order chi connectivity index (χ0) is 21.7. The molecule has 1 unspecified atom stereocenters. The van der Waals surface area contributed by atoms with Gasteiger partial charge in [0.15, 0.2) is 0 Å². The minimum atomic E-state index is -0.149. The first-order chi connectivity index (χ1) is 14.4. The lowest BCUT2D eigenvalue weighted by Crippen LogP contribution is -2.38. The SMILES string of the molecule is C=C1C=C(N(CCNCc2c(C)cccc2F)C(C)CC)c2nc(CC)ccc2N1. The van der Waals surface area contributed by atoms with Crippen molar-refractivity contribution in [1.82, 2.24) is 15.2 Å². The number of rotatable bonds is 9. The summed E-state index contributed by atoms with van der Waals surface area (Å²) in [7, 11) is 0. The van der Waals surface area contributed by atoms with E-state index in [2.05, 4.69) is 61.1 Å². The fourth-order valence-corrected chi connectivity index (χ4v) is 3.76. The van der Waals surface area contributed by atoms with Crippen molar-refractivity contribution in [3.63, 3.8) is 0 Å². The van der Waals surface area contributed by atoms with E-state index < -0.39 is 0 Å². The van der Waals surface area contributed by atoms with Crippen LogP contribution in [0.5, 0.6) is 0 Å². The van der Waals surface area contributed by atoms with Crippen molar-refractivity contribution < 1.29 is 4.39 Å². The van der Waals surface area contributed by atoms with E-state index in [1.807, 2.05) is 13.0 Å². The Hall–Kier alpha value is -2.66. The van der Waals surface area contributed by atoms with Gasteiger partial charge in [-0.05, 0) is 56.5 Å². The second-order valence-corrected chi connectivity index (χ2v) is 7.89. The average molecular weight is 409 g/mol. The summed E-state index contributed by atoms with van der Waals surface area (Å²) in [5, 5.41) is 6.76. The predicted molar refractivity (Wildman–Crippen MR) is 124 cm³/mol. The maximum absolute atomic E-state index is 14.1. The molecule has 1 aliphatic heterocycles. The molecule has 2 heterocycles. The van der Waals surface area contributed by atoms with Crippen LogP contribution in [0.1, 0.15) is 49.7 Å². The molecule has 0 aliphatic carbocycles. The predicted octanol–water partition coefficient (Wildman–Crippen LogP) is 5.26. The summed E-state index contributed by atoms with van der Waals surface area (Å²) in [4.78, 5) is 7.29. The van der Waals surface area contributed by atoms with Gasteiger partial charge >= 0.3 is 0 Å². The summed E-state index contributed by atoms with van der Waals surface area (Å²) < 4.78 is 14.1. The van der Waals surface area contributed by atoms with E-state index in [-0.39, 0.29) is 5.82 Å². The first-order valence-corrected chi connectivity index (χ1v) is 10.8. The van der Waals surface area contributed by atoms with E-state index in [1.54, 1.807) is 6.07 Å². The van der Waals surface area contributed by atoms with E-state index in [1.165, 1.54) is 6.07 Å². The zero-order valence-electron chi connectivity index (χ0n) is 18.6. The number of nitrogens with zero attached hydrogens (tertiary/aromatic N) is 2. The molecule has 0 fully saturated rings. The molecule has 2 N–H and O–H groups in total. The van der Waals surface area contributed by atoms with Crippen molar-refractivity contribution in [3.8, 4) is 0 Å². The van der Waals surface area contributed by atoms with Crippen molar-refractivity contribution in [2.45, 2.75) is 53.1 Å². The van der Waals surface area contributed by atoms with Gasteiger partial charge in [-0.25, -0.2) is 9.37 Å². The third-order valence-corrected chi connectivity index (χ3v) is 5.78. The minimum absolute atomic E-state index is 0.149. The van der Waals surface area contributed by atoms with Crippen LogP contribution in [0.3, 0.4) is 0 Å². The third-order valence-electron chi connectivity index (χ3n) is 5.78. The molecule has 1 aromatic carbocycles. The molecule has 1 aliphatic rings. The van der Waals surface area contributed by atoms with Crippen molar-refractivity contribution in [1.29, 1.82) is 0 Å². The quantitative estimate of drug-likeness (QED) is 0.555. The number of pyridine rings is 1. The number of nitrogens with one attached hydrogen (secondary N) is 2. The highest BCUT2D eigenvalue weighted by Crippen LogP contribution is 2.33. The molecule has 30 heavy (non-hydrogen) atoms. The zero-order valence-corrected chi connectivity index (χ0v) is 18.6. The number of halogens is 1. The fraction of sp³-hybridized carbons (Fsp3) is 0.400. The van der Waals surface area contributed by atoms with Crippen LogP contribution in [0.15, 0.2) is 48.7 Å². The van der Waals surface area contributed by atoms with E-state index in [0.29, 0.717) is 12.6 Å². The standard InChI is InChI=1S/C25H33FN4/c1-6-19(5)30(14-13-27-16-21-17(3)9-8-10-22(21)26)24-15-18(4)28-23-12-11-20(7-2)29-25(23)24/h8-12,15,19,27-28H,4,6-7,13-14,16H2,1-3,5H3. The molecule has 0 bridgehead atoms. The van der Waals surface area contributed by atoms with Crippen LogP contribution in [0.2, 0.25) is 0 Å². The normalized spacial score (nSPS) is 14.0. The largest absolute Gasteiger partial charge is 0.366 e. The Balaban J connectivity index is 1.77. The molecule has 2 aromatic rings. The van der Waals surface area contributed by atoms with Gasteiger partial charge in [0, 0.05) is 42.6 Å². The van der Waals surface area contributed by atoms with Gasteiger partial charge in [0.05, 0.1) is 11.4 Å². The van der Waals surface area contributed by atoms with Crippen LogP contribution in [-0.4, -0.2) is 29.0 Å². The number of hydrogen-bond donors (Lipinski definition) is 2. The van der Waals surface area contributed by atoms with Gasteiger partial charge in [-0.1, -0.05) is 32.6 Å². The van der Waals surface area contributed by atoms with E-state index in [0.717, 1.165) is 65.5 Å². The monoisotopic (exact) mass is 408 g/mol. The lowest BCUT2D eigenvalue weighted by Gasteiger charge is -2.35. The summed E-state index contributed by atoms with van der Waals surface area (Å²) >= 11 is 0. The molecule has 1 aromatic heterocycles. The molecule has 0 spiro atoms. The van der Waals surface area contributed by atoms with Crippen molar-refractivity contribution in [2.75, 3.05) is 18.4 Å². The van der Waals surface area contributed by atoms with E-state index >= 15 is 0 Å². The molecule has 1 atom stereocenters.